The quantitative estimate of drug-likeness (QED) is 0.364. The molecule has 0 unspecified atom stereocenters. The summed E-state index contributed by atoms with van der Waals surface area (Å²) in [6.07, 6.45) is 0. The summed E-state index contributed by atoms with van der Waals surface area (Å²) in [5.74, 6) is -0.234. The zero-order valence-corrected chi connectivity index (χ0v) is 20.0. The maximum absolute atomic E-state index is 13.0. The number of amides is 1. The molecular formula is C28H25N5OS. The molecule has 1 amide bonds. The number of rotatable bonds is 5. The molecule has 0 bridgehead atoms. The van der Waals surface area contributed by atoms with Gasteiger partial charge in [0.05, 0.1) is 21.4 Å². The molecule has 3 heterocycles. The van der Waals surface area contributed by atoms with Gasteiger partial charge in [0, 0.05) is 43.7 Å². The van der Waals surface area contributed by atoms with E-state index in [1.807, 2.05) is 54.6 Å². The minimum absolute atomic E-state index is 0.234. The molecule has 35 heavy (non-hydrogen) atoms. The lowest BCUT2D eigenvalue weighted by atomic mass is 10.1. The van der Waals surface area contributed by atoms with Crippen molar-refractivity contribution in [2.24, 2.45) is 0 Å². The van der Waals surface area contributed by atoms with Crippen LogP contribution in [0.5, 0.6) is 0 Å². The summed E-state index contributed by atoms with van der Waals surface area (Å²) in [6.45, 7) is 5.16. The number of hydrogen-bond donors (Lipinski definition) is 2. The maximum Gasteiger partial charge on any atom is 0.274 e. The first-order valence-electron chi connectivity index (χ1n) is 11.8. The zero-order valence-electron chi connectivity index (χ0n) is 19.2. The lowest BCUT2D eigenvalue weighted by Crippen LogP contribution is -2.42. The van der Waals surface area contributed by atoms with Crippen LogP contribution in [0.4, 0.5) is 5.69 Å². The van der Waals surface area contributed by atoms with Gasteiger partial charge in [-0.1, -0.05) is 42.5 Å². The van der Waals surface area contributed by atoms with Crippen LogP contribution in [0.15, 0.2) is 78.9 Å². The first kappa shape index (κ1) is 21.9. The molecule has 1 saturated heterocycles. The van der Waals surface area contributed by atoms with Gasteiger partial charge in [0.1, 0.15) is 10.7 Å². The first-order valence-corrected chi connectivity index (χ1v) is 12.6. The van der Waals surface area contributed by atoms with Crippen LogP contribution >= 0.6 is 11.3 Å². The summed E-state index contributed by atoms with van der Waals surface area (Å²) >= 11 is 1.64. The third kappa shape index (κ3) is 4.66. The Kier molecular flexibility index (Phi) is 5.96. The number of thiazole rings is 1. The minimum atomic E-state index is -0.234. The van der Waals surface area contributed by atoms with Crippen LogP contribution in [0.1, 0.15) is 16.1 Å². The number of carbonyl (C=O) groups excluding carboxylic acids is 1. The number of nitrogens with zero attached hydrogens (tertiary/aromatic N) is 3. The Balaban J connectivity index is 1.26. The number of benzene rings is 3. The summed E-state index contributed by atoms with van der Waals surface area (Å²) in [5, 5.41) is 8.35. The zero-order chi connectivity index (χ0) is 23.6. The number of fused-ring (bicyclic) bond motifs is 2. The summed E-state index contributed by atoms with van der Waals surface area (Å²) in [7, 11) is 0. The molecule has 1 aliphatic heterocycles. The van der Waals surface area contributed by atoms with E-state index < -0.39 is 0 Å². The van der Waals surface area contributed by atoms with Crippen molar-refractivity contribution in [1.82, 2.24) is 20.2 Å². The van der Waals surface area contributed by atoms with Crippen molar-refractivity contribution < 1.29 is 4.79 Å². The van der Waals surface area contributed by atoms with Gasteiger partial charge in [0.2, 0.25) is 0 Å². The van der Waals surface area contributed by atoms with Gasteiger partial charge in [-0.25, -0.2) is 9.97 Å². The van der Waals surface area contributed by atoms with Crippen molar-refractivity contribution in [1.29, 1.82) is 0 Å². The number of para-hydroxylation sites is 2. The van der Waals surface area contributed by atoms with Crippen molar-refractivity contribution in [3.8, 4) is 10.6 Å². The molecule has 2 aromatic heterocycles. The second-order valence-corrected chi connectivity index (χ2v) is 9.77. The van der Waals surface area contributed by atoms with Crippen LogP contribution in [0.2, 0.25) is 0 Å². The molecule has 0 radical (unpaired) electrons. The van der Waals surface area contributed by atoms with Crippen LogP contribution < -0.4 is 10.6 Å². The van der Waals surface area contributed by atoms with Gasteiger partial charge in [0.15, 0.2) is 0 Å². The van der Waals surface area contributed by atoms with Gasteiger partial charge in [-0.2, -0.15) is 0 Å². The fourth-order valence-electron chi connectivity index (χ4n) is 4.47. The Hall–Kier alpha value is -3.65. The third-order valence-electron chi connectivity index (χ3n) is 6.30. The van der Waals surface area contributed by atoms with Gasteiger partial charge < -0.3 is 10.6 Å². The molecule has 6 rings (SSSR count). The van der Waals surface area contributed by atoms with E-state index in [2.05, 4.69) is 38.7 Å². The monoisotopic (exact) mass is 479 g/mol. The standard InChI is InChI=1S/C28H25N5OS/c34-27(24-11-10-20-5-1-3-7-22(20)30-24)31-23-8-4-2-6-21(23)28-32-25-17-19(9-12-26(25)35-28)18-33-15-13-29-14-16-33/h1-12,17,29H,13-16,18H2,(H,31,34). The van der Waals surface area contributed by atoms with Crippen molar-refractivity contribution in [2.45, 2.75) is 6.54 Å². The lowest BCUT2D eigenvalue weighted by Gasteiger charge is -2.27. The first-order chi connectivity index (χ1) is 17.2. The highest BCUT2D eigenvalue weighted by atomic mass is 32.1. The molecule has 2 N–H and O–H groups in total. The van der Waals surface area contributed by atoms with E-state index in [1.54, 1.807) is 17.4 Å². The van der Waals surface area contributed by atoms with Crippen LogP contribution in [0, 0.1) is 0 Å². The second-order valence-electron chi connectivity index (χ2n) is 8.74. The van der Waals surface area contributed by atoms with Gasteiger partial charge in [-0.15, -0.1) is 11.3 Å². The number of aromatic nitrogens is 2. The molecule has 0 aliphatic carbocycles. The highest BCUT2D eigenvalue weighted by Gasteiger charge is 2.16. The summed E-state index contributed by atoms with van der Waals surface area (Å²) in [4.78, 5) is 25.0. The summed E-state index contributed by atoms with van der Waals surface area (Å²) in [5.41, 5.74) is 5.10. The molecule has 1 aliphatic rings. The number of pyridine rings is 1. The van der Waals surface area contributed by atoms with Crippen LogP contribution in [-0.2, 0) is 6.54 Å². The van der Waals surface area contributed by atoms with Gasteiger partial charge in [0.25, 0.3) is 5.91 Å². The predicted molar refractivity (Wildman–Crippen MR) is 143 cm³/mol. The largest absolute Gasteiger partial charge is 0.320 e. The molecule has 0 saturated carbocycles. The Morgan fingerprint density at radius 3 is 2.66 bits per heavy atom. The molecule has 5 aromatic rings. The van der Waals surface area contributed by atoms with E-state index in [9.17, 15) is 4.79 Å². The molecule has 0 atom stereocenters. The van der Waals surface area contributed by atoms with Crippen molar-refractivity contribution in [2.75, 3.05) is 31.5 Å². The lowest BCUT2D eigenvalue weighted by molar-refractivity contribution is 0.102. The molecule has 7 heteroatoms. The fourth-order valence-corrected chi connectivity index (χ4v) is 5.46. The van der Waals surface area contributed by atoms with E-state index in [4.69, 9.17) is 4.98 Å². The number of hydrogen-bond acceptors (Lipinski definition) is 6. The van der Waals surface area contributed by atoms with Crippen molar-refractivity contribution in [3.05, 3.63) is 90.1 Å². The van der Waals surface area contributed by atoms with E-state index in [1.165, 1.54) is 5.56 Å². The van der Waals surface area contributed by atoms with E-state index in [-0.39, 0.29) is 5.91 Å². The van der Waals surface area contributed by atoms with Crippen LogP contribution in [0.3, 0.4) is 0 Å². The maximum atomic E-state index is 13.0. The van der Waals surface area contributed by atoms with Gasteiger partial charge in [-0.05, 0) is 42.0 Å². The SMILES string of the molecule is O=C(Nc1ccccc1-c1nc2cc(CN3CCNCC3)ccc2s1)c1ccc2ccccc2n1. The number of nitrogens with one attached hydrogen (secondary N) is 2. The highest BCUT2D eigenvalue weighted by Crippen LogP contribution is 2.35. The van der Waals surface area contributed by atoms with Crippen LogP contribution in [0.25, 0.3) is 31.7 Å². The topological polar surface area (TPSA) is 70.2 Å². The van der Waals surface area contributed by atoms with Gasteiger partial charge in [-0.3, -0.25) is 9.69 Å². The highest BCUT2D eigenvalue weighted by molar-refractivity contribution is 7.21. The Morgan fingerprint density at radius 2 is 1.74 bits per heavy atom. The average molecular weight is 480 g/mol. The Bertz CT molecular complexity index is 1520. The molecule has 1 fully saturated rings. The molecule has 3 aromatic carbocycles. The predicted octanol–water partition coefficient (Wildman–Crippen LogP) is 5.17. The smallest absolute Gasteiger partial charge is 0.274 e. The Labute approximate surface area is 207 Å². The number of piperazine rings is 1. The molecule has 174 valence electrons. The van der Waals surface area contributed by atoms with E-state index in [0.29, 0.717) is 5.69 Å². The van der Waals surface area contributed by atoms with E-state index >= 15 is 0 Å². The molecular weight excluding hydrogens is 454 g/mol. The minimum Gasteiger partial charge on any atom is -0.320 e. The van der Waals surface area contributed by atoms with Crippen molar-refractivity contribution in [3.63, 3.8) is 0 Å². The average Bonchev–Trinajstić information content (AvgIpc) is 3.32. The summed E-state index contributed by atoms with van der Waals surface area (Å²) in [6, 6.07) is 25.8. The second kappa shape index (κ2) is 9.54. The van der Waals surface area contributed by atoms with E-state index in [0.717, 1.165) is 70.1 Å². The van der Waals surface area contributed by atoms with Gasteiger partial charge >= 0.3 is 0 Å². The van der Waals surface area contributed by atoms with Crippen molar-refractivity contribution >= 4 is 44.1 Å². The normalized spacial score (nSPS) is 14.4. The Morgan fingerprint density at radius 1 is 0.914 bits per heavy atom. The summed E-state index contributed by atoms with van der Waals surface area (Å²) < 4.78 is 1.14. The molecule has 6 nitrogen and oxygen atoms in total. The van der Waals surface area contributed by atoms with Crippen LogP contribution in [-0.4, -0.2) is 47.0 Å². The fraction of sp³-hybridized carbons (Fsp3) is 0.179. The molecule has 0 spiro atoms. The third-order valence-corrected chi connectivity index (χ3v) is 7.37. The number of anilines is 1. The number of carbonyl (C=O) groups is 1.